The van der Waals surface area contributed by atoms with E-state index in [0.29, 0.717) is 22.3 Å². The molecule has 0 spiro atoms. The number of methoxy groups -OCH3 is 1. The van der Waals surface area contributed by atoms with Crippen LogP contribution in [0.3, 0.4) is 0 Å². The number of carbonyl (C=O) groups excluding carboxylic acids is 2. The van der Waals surface area contributed by atoms with Gasteiger partial charge in [-0.05, 0) is 49.7 Å². The maximum Gasteiger partial charge on any atom is 0.272 e. The summed E-state index contributed by atoms with van der Waals surface area (Å²) in [5.74, 6) is -1.63. The van der Waals surface area contributed by atoms with Crippen LogP contribution in [-0.2, 0) is 23.1 Å². The average Bonchev–Trinajstić information content (AvgIpc) is 3.28. The van der Waals surface area contributed by atoms with Gasteiger partial charge in [-0.25, -0.2) is 18.2 Å². The maximum atomic E-state index is 13.6. The van der Waals surface area contributed by atoms with Gasteiger partial charge < -0.3 is 30.0 Å². The Labute approximate surface area is 265 Å². The van der Waals surface area contributed by atoms with Gasteiger partial charge >= 0.3 is 0 Å². The van der Waals surface area contributed by atoms with Crippen molar-refractivity contribution in [3.8, 4) is 5.75 Å². The summed E-state index contributed by atoms with van der Waals surface area (Å²) in [5, 5.41) is 8.67. The molecule has 0 unspecified atom stereocenters. The molecule has 4 rings (SSSR count). The van der Waals surface area contributed by atoms with Crippen LogP contribution in [0, 0.1) is 5.82 Å². The minimum atomic E-state index is -2.80. The molecule has 0 aliphatic rings. The Morgan fingerprint density at radius 3 is 2.45 bits per heavy atom. The molecular formula is C29H27Cl3F3N5O4. The lowest BCUT2D eigenvalue weighted by molar-refractivity contribution is -0.139. The lowest BCUT2D eigenvalue weighted by Crippen LogP contribution is -2.43. The summed E-state index contributed by atoms with van der Waals surface area (Å²) in [4.78, 5) is 30.2. The van der Waals surface area contributed by atoms with Crippen molar-refractivity contribution >= 4 is 75.0 Å². The SMILES string of the molecule is COC(C)(C)C(=O)NCc1ccc(Cl)c(Nc2nc3cc(C(=O)Nc4ccc(F)c(Cl)c4)c(OCC(F)F)cc3n2C)c1Cl. The lowest BCUT2D eigenvalue weighted by Gasteiger charge is -2.22. The fourth-order valence-electron chi connectivity index (χ4n) is 3.99. The van der Waals surface area contributed by atoms with Crippen LogP contribution in [0.15, 0.2) is 42.5 Å². The molecule has 3 aromatic carbocycles. The van der Waals surface area contributed by atoms with Crippen molar-refractivity contribution in [3.63, 3.8) is 0 Å². The van der Waals surface area contributed by atoms with Crippen LogP contribution in [-0.4, -0.2) is 47.1 Å². The smallest absolute Gasteiger partial charge is 0.272 e. The van der Waals surface area contributed by atoms with E-state index in [1.54, 1.807) is 37.6 Å². The van der Waals surface area contributed by atoms with E-state index < -0.39 is 30.4 Å². The number of anilines is 3. The number of carbonyl (C=O) groups is 2. The largest absolute Gasteiger partial charge is 0.487 e. The molecule has 0 aliphatic carbocycles. The molecule has 44 heavy (non-hydrogen) atoms. The van der Waals surface area contributed by atoms with E-state index in [1.165, 1.54) is 31.4 Å². The van der Waals surface area contributed by atoms with Crippen LogP contribution < -0.4 is 20.7 Å². The van der Waals surface area contributed by atoms with E-state index in [9.17, 15) is 22.8 Å². The van der Waals surface area contributed by atoms with Crippen LogP contribution >= 0.6 is 34.8 Å². The average molecular weight is 673 g/mol. The predicted octanol–water partition coefficient (Wildman–Crippen LogP) is 7.35. The van der Waals surface area contributed by atoms with Crippen LogP contribution in [0.25, 0.3) is 11.0 Å². The number of fused-ring (bicyclic) bond motifs is 1. The highest BCUT2D eigenvalue weighted by Gasteiger charge is 2.27. The zero-order chi connectivity index (χ0) is 32.3. The zero-order valence-corrected chi connectivity index (χ0v) is 26.1. The quantitative estimate of drug-likeness (QED) is 0.154. The minimum absolute atomic E-state index is 0.0847. The molecule has 0 fully saturated rings. The van der Waals surface area contributed by atoms with Crippen molar-refractivity contribution < 1.29 is 32.2 Å². The van der Waals surface area contributed by atoms with E-state index in [-0.39, 0.29) is 50.5 Å². The number of alkyl halides is 2. The molecule has 234 valence electrons. The summed E-state index contributed by atoms with van der Waals surface area (Å²) < 4.78 is 51.7. The summed E-state index contributed by atoms with van der Waals surface area (Å²) in [6, 6.07) is 9.61. The molecule has 3 N–H and O–H groups in total. The van der Waals surface area contributed by atoms with E-state index in [1.807, 2.05) is 0 Å². The number of amides is 2. The lowest BCUT2D eigenvalue weighted by atomic mass is 10.1. The third kappa shape index (κ3) is 7.32. The Morgan fingerprint density at radius 2 is 1.80 bits per heavy atom. The molecule has 15 heteroatoms. The first-order valence-electron chi connectivity index (χ1n) is 13.0. The fraction of sp³-hybridized carbons (Fsp3) is 0.276. The molecule has 9 nitrogen and oxygen atoms in total. The number of imidazole rings is 1. The highest BCUT2D eigenvalue weighted by atomic mass is 35.5. The first-order valence-corrected chi connectivity index (χ1v) is 14.1. The molecule has 0 radical (unpaired) electrons. The first kappa shape index (κ1) is 33.2. The zero-order valence-electron chi connectivity index (χ0n) is 23.8. The van der Waals surface area contributed by atoms with Crippen molar-refractivity contribution in [1.29, 1.82) is 0 Å². The number of rotatable bonds is 11. The number of hydrogen-bond donors (Lipinski definition) is 3. The number of hydrogen-bond acceptors (Lipinski definition) is 6. The fourth-order valence-corrected chi connectivity index (χ4v) is 4.70. The Balaban J connectivity index is 1.67. The third-order valence-corrected chi connectivity index (χ3v) is 7.71. The topological polar surface area (TPSA) is 107 Å². The molecule has 4 aromatic rings. The van der Waals surface area contributed by atoms with Gasteiger partial charge in [-0.15, -0.1) is 0 Å². The number of halogens is 6. The molecule has 2 amide bonds. The van der Waals surface area contributed by atoms with Gasteiger partial charge in [0.1, 0.15) is 23.8 Å². The standard InChI is InChI=1S/C29H27Cl3F3N5O4/c1-29(2,43-4)27(42)36-12-14-5-7-17(30)25(24(14)32)39-28-38-20-10-16(22(44-13-23(34)35)11-21(20)40(28)3)26(41)37-15-6-8-19(33)18(31)9-15/h5-11,23H,12-13H2,1-4H3,(H,36,42)(H,37,41)(H,38,39). The van der Waals surface area contributed by atoms with Crippen molar-refractivity contribution in [2.45, 2.75) is 32.4 Å². The van der Waals surface area contributed by atoms with Gasteiger partial charge in [0.05, 0.1) is 37.4 Å². The highest BCUT2D eigenvalue weighted by Crippen LogP contribution is 2.37. The maximum absolute atomic E-state index is 13.6. The van der Waals surface area contributed by atoms with Gasteiger partial charge in [0.15, 0.2) is 0 Å². The van der Waals surface area contributed by atoms with Gasteiger partial charge in [0, 0.05) is 32.5 Å². The van der Waals surface area contributed by atoms with Gasteiger partial charge in [-0.2, -0.15) is 0 Å². The van der Waals surface area contributed by atoms with Crippen LogP contribution in [0.1, 0.15) is 29.8 Å². The first-order chi connectivity index (χ1) is 20.7. The number of benzene rings is 3. The summed E-state index contributed by atoms with van der Waals surface area (Å²) >= 11 is 18.9. The van der Waals surface area contributed by atoms with Crippen LogP contribution in [0.5, 0.6) is 5.75 Å². The summed E-state index contributed by atoms with van der Waals surface area (Å²) in [5.41, 5.74) is 0.610. The third-order valence-electron chi connectivity index (χ3n) is 6.67. The van der Waals surface area contributed by atoms with E-state index in [4.69, 9.17) is 44.3 Å². The number of ether oxygens (including phenoxy) is 2. The van der Waals surface area contributed by atoms with E-state index in [0.717, 1.165) is 6.07 Å². The number of nitrogens with one attached hydrogen (secondary N) is 3. The van der Waals surface area contributed by atoms with E-state index >= 15 is 0 Å². The van der Waals surface area contributed by atoms with Crippen molar-refractivity contribution in [2.75, 3.05) is 24.4 Å². The molecule has 0 atom stereocenters. The number of nitrogens with zero attached hydrogens (tertiary/aromatic N) is 2. The molecule has 0 aliphatic heterocycles. The number of aromatic nitrogens is 2. The van der Waals surface area contributed by atoms with Crippen molar-refractivity contribution in [1.82, 2.24) is 14.9 Å². The normalized spacial score (nSPS) is 11.6. The second-order valence-corrected chi connectivity index (χ2v) is 11.2. The van der Waals surface area contributed by atoms with Crippen LogP contribution in [0.4, 0.5) is 30.5 Å². The summed E-state index contributed by atoms with van der Waals surface area (Å²) in [7, 11) is 3.08. The van der Waals surface area contributed by atoms with Gasteiger partial charge in [-0.3, -0.25) is 9.59 Å². The van der Waals surface area contributed by atoms with Crippen molar-refractivity contribution in [2.24, 2.45) is 7.05 Å². The molecule has 0 saturated heterocycles. The Hall–Kier alpha value is -3.71. The summed E-state index contributed by atoms with van der Waals surface area (Å²) in [6.45, 7) is 2.37. The second kappa shape index (κ2) is 13.5. The van der Waals surface area contributed by atoms with E-state index in [2.05, 4.69) is 20.9 Å². The molecule has 0 saturated carbocycles. The summed E-state index contributed by atoms with van der Waals surface area (Å²) in [6.07, 6.45) is -2.80. The predicted molar refractivity (Wildman–Crippen MR) is 164 cm³/mol. The Morgan fingerprint density at radius 1 is 1.07 bits per heavy atom. The second-order valence-electron chi connectivity index (χ2n) is 10.0. The molecule has 1 aromatic heterocycles. The number of aryl methyl sites for hydroxylation is 1. The van der Waals surface area contributed by atoms with Gasteiger partial charge in [0.2, 0.25) is 5.95 Å². The van der Waals surface area contributed by atoms with Gasteiger partial charge in [-0.1, -0.05) is 40.9 Å². The minimum Gasteiger partial charge on any atom is -0.487 e. The Bertz CT molecular complexity index is 1730. The highest BCUT2D eigenvalue weighted by molar-refractivity contribution is 6.39. The monoisotopic (exact) mass is 671 g/mol. The molecular weight excluding hydrogens is 646 g/mol. The molecule has 1 heterocycles. The Kier molecular flexibility index (Phi) is 10.2. The van der Waals surface area contributed by atoms with Crippen molar-refractivity contribution in [3.05, 3.63) is 74.5 Å². The van der Waals surface area contributed by atoms with Gasteiger partial charge in [0.25, 0.3) is 18.2 Å². The van der Waals surface area contributed by atoms with Crippen LogP contribution in [0.2, 0.25) is 15.1 Å². The molecule has 0 bridgehead atoms.